The summed E-state index contributed by atoms with van der Waals surface area (Å²) < 4.78 is 26.8. The zero-order valence-corrected chi connectivity index (χ0v) is 34.6. The highest BCUT2D eigenvalue weighted by Crippen LogP contribution is 2.38. The number of quaternary nitrogens is 1. The highest BCUT2D eigenvalue weighted by molar-refractivity contribution is 7.45. The summed E-state index contributed by atoms with van der Waals surface area (Å²) in [5.41, 5.74) is 0. The summed E-state index contributed by atoms with van der Waals surface area (Å²) in [6, 6.07) is 0. The Kier molecular flexibility index (Phi) is 34.6. The average molecular weight is 760 g/mol. The van der Waals surface area contributed by atoms with E-state index in [1.165, 1.54) is 25.7 Å². The van der Waals surface area contributed by atoms with Gasteiger partial charge in [0.05, 0.1) is 27.7 Å². The standard InChI is InChI=1S/C44H74NO7P/c1-5-6-7-8-9-10-11-12-13-14-15-16-17-18-19-20-21-22-23-24-25-26-27-28-29-30-31-32-33-34-35-36-37-38-44(47)50-41-43(46)42-52-53(48,49)51-40-39-45(2,3)4/h6-7,9-10,12-13,15-16,18-19,21-22,24-25,27-28,43,46H,5,8,11,14,17,20,23,26,29-42H2,1-4H3/b7-6-,10-9-,13-12-,16-15-,19-18-,22-21-,25-24-,28-27-. The molecule has 0 saturated carbocycles. The van der Waals surface area contributed by atoms with Crippen molar-refractivity contribution >= 4 is 13.8 Å². The zero-order chi connectivity index (χ0) is 39.1. The molecule has 0 fully saturated rings. The topological polar surface area (TPSA) is 105 Å². The molecule has 0 aromatic rings. The lowest BCUT2D eigenvalue weighted by molar-refractivity contribution is -0.870. The van der Waals surface area contributed by atoms with E-state index in [0.29, 0.717) is 11.0 Å². The molecule has 0 rings (SSSR count). The Labute approximate surface area is 324 Å². The molecule has 0 radical (unpaired) electrons. The van der Waals surface area contributed by atoms with E-state index in [2.05, 4.69) is 109 Å². The predicted molar refractivity (Wildman–Crippen MR) is 221 cm³/mol. The van der Waals surface area contributed by atoms with Gasteiger partial charge in [-0.05, 0) is 70.6 Å². The first kappa shape index (κ1) is 50.4. The van der Waals surface area contributed by atoms with E-state index in [1.54, 1.807) is 0 Å². The second-order valence-electron chi connectivity index (χ2n) is 14.1. The number of carbonyl (C=O) groups is 1. The van der Waals surface area contributed by atoms with Gasteiger partial charge in [-0.15, -0.1) is 0 Å². The minimum Gasteiger partial charge on any atom is -0.756 e. The third kappa shape index (κ3) is 42.0. The number of hydrogen-bond donors (Lipinski definition) is 1. The molecule has 0 bridgehead atoms. The van der Waals surface area contributed by atoms with Gasteiger partial charge in [-0.3, -0.25) is 9.36 Å². The molecule has 8 nitrogen and oxygen atoms in total. The Morgan fingerprint density at radius 3 is 1.43 bits per heavy atom. The Morgan fingerprint density at radius 1 is 0.604 bits per heavy atom. The molecule has 0 aromatic heterocycles. The number of carbonyl (C=O) groups excluding carboxylic acids is 1. The third-order valence-corrected chi connectivity index (χ3v) is 8.81. The smallest absolute Gasteiger partial charge is 0.305 e. The molecule has 1 N–H and O–H groups in total. The first-order chi connectivity index (χ1) is 25.6. The lowest BCUT2D eigenvalue weighted by atomic mass is 10.1. The maximum Gasteiger partial charge on any atom is 0.305 e. The van der Waals surface area contributed by atoms with Crippen LogP contribution in [0.3, 0.4) is 0 Å². The van der Waals surface area contributed by atoms with Crippen LogP contribution in [-0.4, -0.2) is 69.2 Å². The van der Waals surface area contributed by atoms with Crippen LogP contribution in [0.15, 0.2) is 97.2 Å². The molecule has 302 valence electrons. The van der Waals surface area contributed by atoms with Gasteiger partial charge in [0.25, 0.3) is 7.82 Å². The van der Waals surface area contributed by atoms with Gasteiger partial charge >= 0.3 is 5.97 Å². The van der Waals surface area contributed by atoms with Gasteiger partial charge in [0.2, 0.25) is 0 Å². The molecule has 0 amide bonds. The number of phosphoric ester groups is 1. The van der Waals surface area contributed by atoms with Crippen LogP contribution < -0.4 is 4.89 Å². The fourth-order valence-electron chi connectivity index (χ4n) is 4.72. The molecule has 0 aliphatic rings. The summed E-state index contributed by atoms with van der Waals surface area (Å²) >= 11 is 0. The van der Waals surface area contributed by atoms with E-state index in [-0.39, 0.29) is 19.6 Å². The summed E-state index contributed by atoms with van der Waals surface area (Å²) in [7, 11) is 1.23. The molecule has 2 unspecified atom stereocenters. The minimum atomic E-state index is -4.51. The van der Waals surface area contributed by atoms with Crippen molar-refractivity contribution in [1.29, 1.82) is 0 Å². The van der Waals surface area contributed by atoms with Crippen molar-refractivity contribution < 1.29 is 37.6 Å². The number of esters is 1. The number of likely N-dealkylation sites (N-methyl/N-ethyl adjacent to an activating group) is 1. The summed E-state index contributed by atoms with van der Waals surface area (Å²) in [6.45, 7) is 1.80. The van der Waals surface area contributed by atoms with E-state index in [4.69, 9.17) is 9.26 Å². The van der Waals surface area contributed by atoms with Crippen molar-refractivity contribution in [2.75, 3.05) is 47.5 Å². The monoisotopic (exact) mass is 760 g/mol. The lowest BCUT2D eigenvalue weighted by Gasteiger charge is -2.27. The molecule has 0 aromatic carbocycles. The number of aliphatic hydroxyl groups is 1. The highest BCUT2D eigenvalue weighted by atomic mass is 31.2. The molecular formula is C44H74NO7P. The van der Waals surface area contributed by atoms with Gasteiger partial charge in [-0.1, -0.05) is 143 Å². The summed E-state index contributed by atoms with van der Waals surface area (Å²) in [6.07, 6.45) is 52.8. The first-order valence-corrected chi connectivity index (χ1v) is 21.5. The van der Waals surface area contributed by atoms with Crippen LogP contribution in [0.25, 0.3) is 0 Å². The van der Waals surface area contributed by atoms with Gasteiger partial charge in [0.15, 0.2) is 0 Å². The van der Waals surface area contributed by atoms with Gasteiger partial charge in [-0.25, -0.2) is 0 Å². The van der Waals surface area contributed by atoms with Gasteiger partial charge < -0.3 is 28.3 Å². The fourth-order valence-corrected chi connectivity index (χ4v) is 5.46. The van der Waals surface area contributed by atoms with Gasteiger partial charge in [0.1, 0.15) is 25.9 Å². The van der Waals surface area contributed by atoms with Crippen molar-refractivity contribution in [3.63, 3.8) is 0 Å². The molecule has 0 aliphatic heterocycles. The maximum absolute atomic E-state index is 11.9. The number of unbranched alkanes of at least 4 members (excludes halogenated alkanes) is 8. The average Bonchev–Trinajstić information content (AvgIpc) is 3.11. The normalized spacial score (nSPS) is 14.9. The Balaban J connectivity index is 3.59. The number of phosphoric acid groups is 1. The van der Waals surface area contributed by atoms with Crippen molar-refractivity contribution in [3.05, 3.63) is 97.2 Å². The summed E-state index contributed by atoms with van der Waals surface area (Å²) in [5.74, 6) is -0.401. The lowest BCUT2D eigenvalue weighted by Crippen LogP contribution is -2.37. The summed E-state index contributed by atoms with van der Waals surface area (Å²) in [5, 5.41) is 9.87. The first-order valence-electron chi connectivity index (χ1n) is 20.0. The van der Waals surface area contributed by atoms with Crippen LogP contribution in [0.4, 0.5) is 0 Å². The Hall–Kier alpha value is -2.58. The number of nitrogens with zero attached hydrogens (tertiary/aromatic N) is 1. The van der Waals surface area contributed by atoms with Crippen molar-refractivity contribution in [1.82, 2.24) is 0 Å². The summed E-state index contributed by atoms with van der Waals surface area (Å²) in [4.78, 5) is 23.7. The van der Waals surface area contributed by atoms with Crippen LogP contribution in [-0.2, 0) is 23.1 Å². The van der Waals surface area contributed by atoms with E-state index in [1.807, 2.05) is 21.1 Å². The van der Waals surface area contributed by atoms with E-state index < -0.39 is 26.5 Å². The quantitative estimate of drug-likeness (QED) is 0.0225. The number of ether oxygens (including phenoxy) is 1. The van der Waals surface area contributed by atoms with Crippen LogP contribution in [0.2, 0.25) is 0 Å². The Morgan fingerprint density at radius 2 is 1.00 bits per heavy atom. The second-order valence-corrected chi connectivity index (χ2v) is 15.5. The molecular weight excluding hydrogens is 685 g/mol. The van der Waals surface area contributed by atoms with Crippen molar-refractivity contribution in [3.8, 4) is 0 Å². The number of rotatable bonds is 35. The van der Waals surface area contributed by atoms with E-state index in [0.717, 1.165) is 83.5 Å². The highest BCUT2D eigenvalue weighted by Gasteiger charge is 2.16. The molecule has 53 heavy (non-hydrogen) atoms. The van der Waals surface area contributed by atoms with E-state index in [9.17, 15) is 19.4 Å². The molecule has 2 atom stereocenters. The zero-order valence-electron chi connectivity index (χ0n) is 33.7. The van der Waals surface area contributed by atoms with Gasteiger partial charge in [0, 0.05) is 6.42 Å². The van der Waals surface area contributed by atoms with Crippen LogP contribution in [0.1, 0.15) is 122 Å². The SMILES string of the molecule is CC/C=C\C/C=C\C/C=C\C/C=C\C/C=C\C/C=C\C/C=C\C/C=C\CCCCCCCCCCC(=O)OCC(O)COP(=O)([O-])OCC[N+](C)(C)C. The molecule has 0 spiro atoms. The van der Waals surface area contributed by atoms with Crippen molar-refractivity contribution in [2.24, 2.45) is 0 Å². The molecule has 0 aliphatic carbocycles. The van der Waals surface area contributed by atoms with Crippen LogP contribution in [0.5, 0.6) is 0 Å². The predicted octanol–water partition coefficient (Wildman–Crippen LogP) is 10.6. The fraction of sp³-hybridized carbons (Fsp3) is 0.614. The third-order valence-electron chi connectivity index (χ3n) is 7.85. The maximum atomic E-state index is 11.9. The second kappa shape index (κ2) is 36.4. The number of aliphatic hydroxyl groups excluding tert-OH is 1. The molecule has 9 heteroatoms. The minimum absolute atomic E-state index is 0.0146. The van der Waals surface area contributed by atoms with Crippen LogP contribution in [0, 0.1) is 0 Å². The molecule has 0 heterocycles. The van der Waals surface area contributed by atoms with E-state index >= 15 is 0 Å². The van der Waals surface area contributed by atoms with Crippen molar-refractivity contribution in [2.45, 2.75) is 129 Å². The molecule has 0 saturated heterocycles. The number of allylic oxidation sites excluding steroid dienone is 16. The number of hydrogen-bond acceptors (Lipinski definition) is 7. The Bertz CT molecular complexity index is 1160. The largest absolute Gasteiger partial charge is 0.756 e. The van der Waals surface area contributed by atoms with Crippen LogP contribution >= 0.6 is 7.82 Å². The van der Waals surface area contributed by atoms with Gasteiger partial charge in [-0.2, -0.15) is 0 Å².